The van der Waals surface area contributed by atoms with E-state index in [9.17, 15) is 0 Å². The van der Waals surface area contributed by atoms with Crippen molar-refractivity contribution in [2.75, 3.05) is 13.1 Å². The molecule has 2 heteroatoms. The Hall–Kier alpha value is -0.0800. The topological polar surface area (TPSA) is 21.3 Å². The summed E-state index contributed by atoms with van der Waals surface area (Å²) >= 11 is 0. The number of rotatable bonds is 1. The van der Waals surface area contributed by atoms with Crippen LogP contribution in [-0.2, 0) is 4.74 Å². The summed E-state index contributed by atoms with van der Waals surface area (Å²) in [6.07, 6.45) is 1.61. The van der Waals surface area contributed by atoms with E-state index in [0.29, 0.717) is 6.10 Å². The minimum absolute atomic E-state index is 0.0245. The van der Waals surface area contributed by atoms with Crippen molar-refractivity contribution in [3.63, 3.8) is 0 Å². The van der Waals surface area contributed by atoms with Crippen molar-refractivity contribution in [1.82, 2.24) is 5.32 Å². The summed E-state index contributed by atoms with van der Waals surface area (Å²) in [6.45, 7) is 8.44. The molecule has 1 aliphatic rings. The van der Waals surface area contributed by atoms with Gasteiger partial charge in [-0.2, -0.15) is 0 Å². The lowest BCUT2D eigenvalue weighted by molar-refractivity contribution is -0.0499. The van der Waals surface area contributed by atoms with Crippen LogP contribution < -0.4 is 5.32 Å². The lowest BCUT2D eigenvalue weighted by Gasteiger charge is -2.23. The van der Waals surface area contributed by atoms with E-state index in [4.69, 9.17) is 4.74 Å². The maximum absolute atomic E-state index is 5.74. The fraction of sp³-hybridized carbons (Fsp3) is 1.00. The van der Waals surface area contributed by atoms with E-state index in [1.165, 1.54) is 0 Å². The molecule has 0 unspecified atom stereocenters. The average molecular weight is 143 g/mol. The zero-order valence-corrected chi connectivity index (χ0v) is 7.11. The smallest absolute Gasteiger partial charge is 0.0718 e. The third kappa shape index (κ3) is 2.67. The molecule has 60 valence electrons. The molecule has 0 bridgehead atoms. The Morgan fingerprint density at radius 1 is 1.40 bits per heavy atom. The molecule has 0 aromatic carbocycles. The van der Waals surface area contributed by atoms with Crippen LogP contribution in [0.2, 0.25) is 0 Å². The molecule has 1 N–H and O–H groups in total. The van der Waals surface area contributed by atoms with Crippen LogP contribution in [0, 0.1) is 0 Å². The highest BCUT2D eigenvalue weighted by Gasteiger charge is 2.21. The molecule has 1 fully saturated rings. The van der Waals surface area contributed by atoms with Crippen molar-refractivity contribution in [3.8, 4) is 0 Å². The van der Waals surface area contributed by atoms with E-state index in [-0.39, 0.29) is 5.60 Å². The molecule has 0 spiro atoms. The first-order valence-corrected chi connectivity index (χ1v) is 3.96. The monoisotopic (exact) mass is 143 g/mol. The molecule has 10 heavy (non-hydrogen) atoms. The van der Waals surface area contributed by atoms with E-state index in [1.807, 2.05) is 0 Å². The highest BCUT2D eigenvalue weighted by Crippen LogP contribution is 2.14. The van der Waals surface area contributed by atoms with Crippen LogP contribution in [-0.4, -0.2) is 24.8 Å². The zero-order chi connectivity index (χ0) is 7.61. The normalized spacial score (nSPS) is 27.3. The van der Waals surface area contributed by atoms with Gasteiger partial charge in [-0.1, -0.05) is 0 Å². The Morgan fingerprint density at radius 3 is 2.50 bits per heavy atom. The summed E-state index contributed by atoms with van der Waals surface area (Å²) in [6, 6.07) is 0. The van der Waals surface area contributed by atoms with Gasteiger partial charge in [-0.25, -0.2) is 0 Å². The van der Waals surface area contributed by atoms with Gasteiger partial charge in [-0.05, 0) is 33.7 Å². The van der Waals surface area contributed by atoms with Crippen LogP contribution >= 0.6 is 0 Å². The SMILES string of the molecule is CC(C)(C)O[C@H]1CCNC1. The Balaban J connectivity index is 2.24. The Bertz CT molecular complexity index is 100. The highest BCUT2D eigenvalue weighted by atomic mass is 16.5. The molecule has 2 nitrogen and oxygen atoms in total. The first-order chi connectivity index (χ1) is 4.58. The average Bonchev–Trinajstić information content (AvgIpc) is 2.12. The molecular weight excluding hydrogens is 126 g/mol. The van der Waals surface area contributed by atoms with Gasteiger partial charge in [0.05, 0.1) is 11.7 Å². The van der Waals surface area contributed by atoms with Crippen molar-refractivity contribution in [3.05, 3.63) is 0 Å². The van der Waals surface area contributed by atoms with E-state index in [2.05, 4.69) is 26.1 Å². The summed E-state index contributed by atoms with van der Waals surface area (Å²) in [5.74, 6) is 0. The third-order valence-electron chi connectivity index (χ3n) is 1.54. The fourth-order valence-electron chi connectivity index (χ4n) is 1.23. The first-order valence-electron chi connectivity index (χ1n) is 3.96. The predicted octanol–water partition coefficient (Wildman–Crippen LogP) is 1.16. The Labute approximate surface area is 63.0 Å². The predicted molar refractivity (Wildman–Crippen MR) is 42.1 cm³/mol. The highest BCUT2D eigenvalue weighted by molar-refractivity contribution is 4.74. The minimum Gasteiger partial charge on any atom is -0.371 e. The van der Waals surface area contributed by atoms with E-state index >= 15 is 0 Å². The largest absolute Gasteiger partial charge is 0.371 e. The maximum atomic E-state index is 5.74. The number of ether oxygens (including phenoxy) is 1. The van der Waals surface area contributed by atoms with Crippen molar-refractivity contribution < 1.29 is 4.74 Å². The second kappa shape index (κ2) is 2.89. The molecule has 0 radical (unpaired) electrons. The van der Waals surface area contributed by atoms with Gasteiger partial charge >= 0.3 is 0 Å². The van der Waals surface area contributed by atoms with E-state index in [0.717, 1.165) is 19.5 Å². The molecule has 0 aromatic heterocycles. The van der Waals surface area contributed by atoms with Gasteiger partial charge in [-0.3, -0.25) is 0 Å². The summed E-state index contributed by atoms with van der Waals surface area (Å²) in [7, 11) is 0. The molecule has 1 aliphatic heterocycles. The van der Waals surface area contributed by atoms with Crippen molar-refractivity contribution in [2.24, 2.45) is 0 Å². The van der Waals surface area contributed by atoms with Crippen LogP contribution in [0.1, 0.15) is 27.2 Å². The molecule has 1 atom stereocenters. The lowest BCUT2D eigenvalue weighted by atomic mass is 10.2. The molecule has 1 heterocycles. The van der Waals surface area contributed by atoms with Gasteiger partial charge in [0.25, 0.3) is 0 Å². The first kappa shape index (κ1) is 8.02. The van der Waals surface area contributed by atoms with Gasteiger partial charge in [0.2, 0.25) is 0 Å². The van der Waals surface area contributed by atoms with Gasteiger partial charge in [0.1, 0.15) is 0 Å². The summed E-state index contributed by atoms with van der Waals surface area (Å²) in [5.41, 5.74) is 0.0245. The Morgan fingerprint density at radius 2 is 2.10 bits per heavy atom. The van der Waals surface area contributed by atoms with Crippen LogP contribution in [0.5, 0.6) is 0 Å². The molecule has 0 aliphatic carbocycles. The maximum Gasteiger partial charge on any atom is 0.0718 e. The third-order valence-corrected chi connectivity index (χ3v) is 1.54. The molecule has 1 rings (SSSR count). The zero-order valence-electron chi connectivity index (χ0n) is 7.11. The van der Waals surface area contributed by atoms with Gasteiger partial charge in [0.15, 0.2) is 0 Å². The van der Waals surface area contributed by atoms with Crippen LogP contribution in [0.25, 0.3) is 0 Å². The number of hydrogen-bond donors (Lipinski definition) is 1. The number of nitrogens with one attached hydrogen (secondary N) is 1. The standard InChI is InChI=1S/C8H17NO/c1-8(2,3)10-7-4-5-9-6-7/h7,9H,4-6H2,1-3H3/t7-/m0/s1. The van der Waals surface area contributed by atoms with E-state index in [1.54, 1.807) is 0 Å². The van der Waals surface area contributed by atoms with E-state index < -0.39 is 0 Å². The second-order valence-electron chi connectivity index (χ2n) is 3.85. The van der Waals surface area contributed by atoms with Crippen molar-refractivity contribution in [2.45, 2.75) is 38.9 Å². The molecule has 0 saturated carbocycles. The fourth-order valence-corrected chi connectivity index (χ4v) is 1.23. The van der Waals surface area contributed by atoms with Crippen LogP contribution in [0.4, 0.5) is 0 Å². The van der Waals surface area contributed by atoms with Crippen LogP contribution in [0.3, 0.4) is 0 Å². The molecule has 1 saturated heterocycles. The second-order valence-corrected chi connectivity index (χ2v) is 3.85. The van der Waals surface area contributed by atoms with Gasteiger partial charge < -0.3 is 10.1 Å². The summed E-state index contributed by atoms with van der Waals surface area (Å²) in [4.78, 5) is 0. The van der Waals surface area contributed by atoms with Crippen molar-refractivity contribution in [1.29, 1.82) is 0 Å². The minimum atomic E-state index is 0.0245. The quantitative estimate of drug-likeness (QED) is 0.595. The molecule has 0 aromatic rings. The van der Waals surface area contributed by atoms with Crippen molar-refractivity contribution >= 4 is 0 Å². The van der Waals surface area contributed by atoms with Gasteiger partial charge in [0, 0.05) is 6.54 Å². The molecular formula is C8H17NO. The molecule has 0 amide bonds. The van der Waals surface area contributed by atoms with Gasteiger partial charge in [-0.15, -0.1) is 0 Å². The van der Waals surface area contributed by atoms with Crippen LogP contribution in [0.15, 0.2) is 0 Å². The summed E-state index contributed by atoms with van der Waals surface area (Å²) in [5, 5.41) is 3.27. The number of hydrogen-bond acceptors (Lipinski definition) is 2. The lowest BCUT2D eigenvalue weighted by Crippen LogP contribution is -2.28. The summed E-state index contributed by atoms with van der Waals surface area (Å²) < 4.78 is 5.74. The Kier molecular flexibility index (Phi) is 2.32.